The number of nitrogens with zero attached hydrogens (tertiary/aromatic N) is 3. The molecule has 0 atom stereocenters. The molecule has 8 nitrogen and oxygen atoms in total. The average molecular weight is 330 g/mol. The summed E-state index contributed by atoms with van der Waals surface area (Å²) in [5.74, 6) is 2.39. The van der Waals surface area contributed by atoms with E-state index in [1.165, 1.54) is 4.57 Å². The van der Waals surface area contributed by atoms with E-state index in [0.29, 0.717) is 35.2 Å². The fraction of sp³-hybridized carbons (Fsp3) is 0.312. The Kier molecular flexibility index (Phi) is 4.11. The van der Waals surface area contributed by atoms with Crippen molar-refractivity contribution in [3.05, 3.63) is 51.5 Å². The van der Waals surface area contributed by atoms with Gasteiger partial charge in [-0.2, -0.15) is 5.10 Å². The zero-order valence-electron chi connectivity index (χ0n) is 13.9. The van der Waals surface area contributed by atoms with Gasteiger partial charge in [-0.3, -0.25) is 0 Å². The van der Waals surface area contributed by atoms with Crippen molar-refractivity contribution in [2.45, 2.75) is 20.3 Å². The van der Waals surface area contributed by atoms with Crippen molar-refractivity contribution in [1.29, 1.82) is 0 Å². The Bertz CT molecular complexity index is 903. The van der Waals surface area contributed by atoms with Gasteiger partial charge >= 0.3 is 5.69 Å². The molecule has 0 spiro atoms. The summed E-state index contributed by atoms with van der Waals surface area (Å²) in [4.78, 5) is 12.2. The first-order valence-electron chi connectivity index (χ1n) is 7.35. The van der Waals surface area contributed by atoms with Crippen LogP contribution in [0.25, 0.3) is 5.69 Å². The fourth-order valence-corrected chi connectivity index (χ4v) is 2.59. The molecule has 8 heteroatoms. The Hall–Kier alpha value is -3.03. The van der Waals surface area contributed by atoms with Crippen LogP contribution in [0.15, 0.2) is 27.5 Å². The quantitative estimate of drug-likeness (QED) is 0.766. The van der Waals surface area contributed by atoms with Crippen molar-refractivity contribution in [3.63, 3.8) is 0 Å². The van der Waals surface area contributed by atoms with Crippen molar-refractivity contribution in [1.82, 2.24) is 19.9 Å². The third-order valence-electron chi connectivity index (χ3n) is 3.88. The lowest BCUT2D eigenvalue weighted by Crippen LogP contribution is -2.17. The van der Waals surface area contributed by atoms with Gasteiger partial charge in [0, 0.05) is 18.1 Å². The van der Waals surface area contributed by atoms with Crippen molar-refractivity contribution in [2.24, 2.45) is 0 Å². The molecule has 1 N–H and O–H groups in total. The summed E-state index contributed by atoms with van der Waals surface area (Å²) in [6.07, 6.45) is 0.425. The number of hydrogen-bond donors (Lipinski definition) is 1. The molecule has 0 bridgehead atoms. The van der Waals surface area contributed by atoms with Gasteiger partial charge < -0.3 is 14.0 Å². The summed E-state index contributed by atoms with van der Waals surface area (Å²) < 4.78 is 17.2. The highest BCUT2D eigenvalue weighted by Crippen LogP contribution is 2.29. The number of ether oxygens (including phenoxy) is 2. The highest BCUT2D eigenvalue weighted by Gasteiger charge is 2.17. The second kappa shape index (κ2) is 6.23. The molecule has 0 amide bonds. The SMILES string of the molecule is COc1ccc(-n2c(Cc3c(C)noc3C)n[nH]c2=O)cc1OC. The van der Waals surface area contributed by atoms with E-state index in [1.807, 2.05) is 13.8 Å². The number of aromatic nitrogens is 4. The van der Waals surface area contributed by atoms with Crippen LogP contribution < -0.4 is 15.2 Å². The Morgan fingerprint density at radius 2 is 1.96 bits per heavy atom. The Morgan fingerprint density at radius 3 is 2.58 bits per heavy atom. The van der Waals surface area contributed by atoms with Gasteiger partial charge in [-0.1, -0.05) is 5.16 Å². The number of benzene rings is 1. The number of H-pyrrole nitrogens is 1. The lowest BCUT2D eigenvalue weighted by molar-refractivity contribution is 0.355. The van der Waals surface area contributed by atoms with Crippen LogP contribution in [0.2, 0.25) is 0 Å². The number of aryl methyl sites for hydroxylation is 2. The molecule has 0 aliphatic carbocycles. The van der Waals surface area contributed by atoms with Crippen molar-refractivity contribution < 1.29 is 14.0 Å². The Labute approximate surface area is 138 Å². The van der Waals surface area contributed by atoms with E-state index in [-0.39, 0.29) is 5.69 Å². The molecule has 126 valence electrons. The van der Waals surface area contributed by atoms with E-state index in [2.05, 4.69) is 15.4 Å². The van der Waals surface area contributed by atoms with Crippen molar-refractivity contribution in [2.75, 3.05) is 14.2 Å². The molecular formula is C16H18N4O4. The molecule has 0 saturated heterocycles. The summed E-state index contributed by atoms with van der Waals surface area (Å²) in [7, 11) is 3.11. The molecule has 24 heavy (non-hydrogen) atoms. The van der Waals surface area contributed by atoms with Crippen LogP contribution in [0.3, 0.4) is 0 Å². The van der Waals surface area contributed by atoms with Crippen molar-refractivity contribution >= 4 is 0 Å². The topological polar surface area (TPSA) is 95.2 Å². The van der Waals surface area contributed by atoms with E-state index in [1.54, 1.807) is 32.4 Å². The third-order valence-corrected chi connectivity index (χ3v) is 3.88. The highest BCUT2D eigenvalue weighted by atomic mass is 16.5. The molecule has 1 aromatic carbocycles. The zero-order chi connectivity index (χ0) is 17.3. The second-order valence-corrected chi connectivity index (χ2v) is 5.30. The van der Waals surface area contributed by atoms with Gasteiger partial charge in [0.05, 0.1) is 25.6 Å². The first-order valence-corrected chi connectivity index (χ1v) is 7.35. The maximum atomic E-state index is 12.2. The molecule has 2 heterocycles. The second-order valence-electron chi connectivity index (χ2n) is 5.30. The fourth-order valence-electron chi connectivity index (χ4n) is 2.59. The van der Waals surface area contributed by atoms with Crippen LogP contribution in [0.4, 0.5) is 0 Å². The molecule has 2 aromatic heterocycles. The largest absolute Gasteiger partial charge is 0.493 e. The maximum Gasteiger partial charge on any atom is 0.347 e. The molecule has 0 saturated carbocycles. The molecule has 0 aliphatic rings. The summed E-state index contributed by atoms with van der Waals surface area (Å²) in [5, 5.41) is 10.6. The summed E-state index contributed by atoms with van der Waals surface area (Å²) in [6.45, 7) is 3.69. The normalized spacial score (nSPS) is 10.8. The number of hydrogen-bond acceptors (Lipinski definition) is 6. The van der Waals surface area contributed by atoms with Crippen molar-refractivity contribution in [3.8, 4) is 17.2 Å². The first kappa shape index (κ1) is 15.9. The predicted molar refractivity (Wildman–Crippen MR) is 86.1 cm³/mol. The van der Waals surface area contributed by atoms with Crippen LogP contribution in [-0.2, 0) is 6.42 Å². The van der Waals surface area contributed by atoms with Gasteiger partial charge in [0.2, 0.25) is 0 Å². The summed E-state index contributed by atoms with van der Waals surface area (Å²) >= 11 is 0. The number of aromatic amines is 1. The molecule has 0 fully saturated rings. The van der Waals surface area contributed by atoms with E-state index >= 15 is 0 Å². The monoisotopic (exact) mass is 330 g/mol. The summed E-state index contributed by atoms with van der Waals surface area (Å²) in [6, 6.07) is 5.25. The van der Waals surface area contributed by atoms with E-state index in [9.17, 15) is 4.79 Å². The molecule has 0 unspecified atom stereocenters. The van der Waals surface area contributed by atoms with Crippen LogP contribution in [0.1, 0.15) is 22.8 Å². The average Bonchev–Trinajstić information content (AvgIpc) is 3.11. The molecule has 3 aromatic rings. The van der Waals surface area contributed by atoms with Gasteiger partial charge in [0.25, 0.3) is 0 Å². The van der Waals surface area contributed by atoms with Crippen LogP contribution in [0.5, 0.6) is 11.5 Å². The Morgan fingerprint density at radius 1 is 1.21 bits per heavy atom. The molecular weight excluding hydrogens is 312 g/mol. The maximum absolute atomic E-state index is 12.2. The summed E-state index contributed by atoms with van der Waals surface area (Å²) in [5.41, 5.74) is 2.00. The van der Waals surface area contributed by atoms with E-state index in [0.717, 1.165) is 11.3 Å². The predicted octanol–water partition coefficient (Wildman–Crippen LogP) is 1.77. The van der Waals surface area contributed by atoms with Crippen LogP contribution in [0, 0.1) is 13.8 Å². The highest BCUT2D eigenvalue weighted by molar-refractivity contribution is 5.49. The minimum atomic E-state index is -0.330. The van der Waals surface area contributed by atoms with Gasteiger partial charge in [0.1, 0.15) is 11.6 Å². The van der Waals surface area contributed by atoms with Crippen LogP contribution >= 0.6 is 0 Å². The number of nitrogens with one attached hydrogen (secondary N) is 1. The molecule has 3 rings (SSSR count). The first-order chi connectivity index (χ1) is 11.5. The van der Waals surface area contributed by atoms with E-state index in [4.69, 9.17) is 14.0 Å². The third kappa shape index (κ3) is 2.66. The molecule has 0 aliphatic heterocycles. The lowest BCUT2D eigenvalue weighted by Gasteiger charge is -2.11. The van der Waals surface area contributed by atoms with Gasteiger partial charge in [0.15, 0.2) is 11.5 Å². The minimum Gasteiger partial charge on any atom is -0.493 e. The zero-order valence-corrected chi connectivity index (χ0v) is 13.9. The number of methoxy groups -OCH3 is 2. The minimum absolute atomic E-state index is 0.330. The van der Waals surface area contributed by atoms with Gasteiger partial charge in [-0.25, -0.2) is 14.5 Å². The number of rotatable bonds is 5. The van der Waals surface area contributed by atoms with Gasteiger partial charge in [-0.05, 0) is 26.0 Å². The standard InChI is InChI=1S/C16H18N4O4/c1-9-12(10(2)24-19-9)8-15-17-18-16(21)20(15)11-5-6-13(22-3)14(7-11)23-4/h5-7H,8H2,1-4H3,(H,18,21). The van der Waals surface area contributed by atoms with Gasteiger partial charge in [-0.15, -0.1) is 0 Å². The molecule has 0 radical (unpaired) electrons. The smallest absolute Gasteiger partial charge is 0.347 e. The van der Waals surface area contributed by atoms with Crippen LogP contribution in [-0.4, -0.2) is 34.1 Å². The Balaban J connectivity index is 2.07. The van der Waals surface area contributed by atoms with E-state index < -0.39 is 0 Å². The lowest BCUT2D eigenvalue weighted by atomic mass is 10.1.